The highest BCUT2D eigenvalue weighted by molar-refractivity contribution is 5.68. The van der Waals surface area contributed by atoms with Crippen LogP contribution >= 0.6 is 0 Å². The molecule has 1 aromatic heterocycles. The van der Waals surface area contributed by atoms with Crippen LogP contribution in [-0.4, -0.2) is 21.0 Å². The van der Waals surface area contributed by atoms with E-state index in [9.17, 15) is 4.79 Å². The Morgan fingerprint density at radius 1 is 1.12 bits per heavy atom. The summed E-state index contributed by atoms with van der Waals surface area (Å²) in [6.45, 7) is 0. The number of carbonyl (C=O) groups is 1. The van der Waals surface area contributed by atoms with Gasteiger partial charge in [-0.2, -0.15) is 0 Å². The molecule has 0 aliphatic heterocycles. The molecule has 0 aliphatic carbocycles. The molecule has 0 bridgehead atoms. The Bertz CT molecular complexity index is 512. The van der Waals surface area contributed by atoms with Crippen LogP contribution in [0.15, 0.2) is 42.7 Å². The van der Waals surface area contributed by atoms with Gasteiger partial charge in [-0.25, -0.2) is 0 Å². The topological polar surface area (TPSA) is 63.1 Å². The van der Waals surface area contributed by atoms with Crippen LogP contribution in [0.25, 0.3) is 11.3 Å². The molecule has 0 saturated carbocycles. The molecule has 4 nitrogen and oxygen atoms in total. The lowest BCUT2D eigenvalue weighted by molar-refractivity contribution is -0.136. The van der Waals surface area contributed by atoms with Gasteiger partial charge in [0.25, 0.3) is 0 Å². The maximum atomic E-state index is 10.6. The van der Waals surface area contributed by atoms with E-state index in [2.05, 4.69) is 9.97 Å². The predicted octanol–water partition coefficient (Wildman–Crippen LogP) is 2.16. The molecule has 0 spiro atoms. The third kappa shape index (κ3) is 2.87. The maximum Gasteiger partial charge on any atom is 0.303 e. The zero-order valence-corrected chi connectivity index (χ0v) is 9.21. The number of carboxylic acids is 1. The van der Waals surface area contributed by atoms with Crippen LogP contribution in [0.5, 0.6) is 0 Å². The lowest BCUT2D eigenvalue weighted by Crippen LogP contribution is -2.02. The lowest BCUT2D eigenvalue weighted by Gasteiger charge is -2.05. The maximum absolute atomic E-state index is 10.6. The Morgan fingerprint density at radius 3 is 2.53 bits per heavy atom. The van der Waals surface area contributed by atoms with Crippen LogP contribution in [0.1, 0.15) is 12.1 Å². The molecule has 1 aromatic carbocycles. The first kappa shape index (κ1) is 11.3. The summed E-state index contributed by atoms with van der Waals surface area (Å²) in [7, 11) is 0. The average Bonchev–Trinajstić information content (AvgIpc) is 2.38. The molecular formula is C13H12N2O2. The number of hydrogen-bond donors (Lipinski definition) is 1. The summed E-state index contributed by atoms with van der Waals surface area (Å²) in [5.74, 6) is -0.824. The zero-order valence-electron chi connectivity index (χ0n) is 9.21. The molecule has 0 amide bonds. The Balaban J connectivity index is 2.31. The van der Waals surface area contributed by atoms with Crippen molar-refractivity contribution >= 4 is 5.97 Å². The quantitative estimate of drug-likeness (QED) is 0.871. The van der Waals surface area contributed by atoms with Crippen molar-refractivity contribution in [2.75, 3.05) is 0 Å². The average molecular weight is 228 g/mol. The van der Waals surface area contributed by atoms with Gasteiger partial charge in [0, 0.05) is 24.4 Å². The minimum Gasteiger partial charge on any atom is -0.481 e. The molecule has 1 heterocycles. The highest BCUT2D eigenvalue weighted by Crippen LogP contribution is 2.19. The molecule has 0 aliphatic rings. The summed E-state index contributed by atoms with van der Waals surface area (Å²) < 4.78 is 0. The van der Waals surface area contributed by atoms with Crippen LogP contribution in [0.2, 0.25) is 0 Å². The number of aryl methyl sites for hydroxylation is 1. The lowest BCUT2D eigenvalue weighted by atomic mass is 10.1. The highest BCUT2D eigenvalue weighted by Gasteiger charge is 2.08. The van der Waals surface area contributed by atoms with Crippen molar-refractivity contribution in [2.45, 2.75) is 12.8 Å². The number of carboxylic acid groups (broad SMARTS) is 1. The Labute approximate surface area is 99.0 Å². The summed E-state index contributed by atoms with van der Waals surface area (Å²) in [5, 5.41) is 8.69. The molecule has 2 rings (SSSR count). The molecule has 86 valence electrons. The third-order valence-electron chi connectivity index (χ3n) is 2.40. The molecule has 0 saturated heterocycles. The van der Waals surface area contributed by atoms with E-state index in [-0.39, 0.29) is 6.42 Å². The van der Waals surface area contributed by atoms with Crippen molar-refractivity contribution < 1.29 is 9.90 Å². The van der Waals surface area contributed by atoms with Crippen LogP contribution in [0, 0.1) is 0 Å². The van der Waals surface area contributed by atoms with E-state index in [1.807, 2.05) is 30.3 Å². The first-order valence-corrected chi connectivity index (χ1v) is 5.34. The summed E-state index contributed by atoms with van der Waals surface area (Å²) >= 11 is 0. The number of hydrogen-bond acceptors (Lipinski definition) is 3. The minimum atomic E-state index is -0.824. The number of rotatable bonds is 4. The van der Waals surface area contributed by atoms with Gasteiger partial charge in [0.1, 0.15) is 0 Å². The van der Waals surface area contributed by atoms with Crippen molar-refractivity contribution in [1.82, 2.24) is 9.97 Å². The van der Waals surface area contributed by atoms with Gasteiger partial charge in [-0.1, -0.05) is 30.3 Å². The molecule has 4 heteroatoms. The first-order valence-electron chi connectivity index (χ1n) is 5.34. The number of aliphatic carboxylic acids is 1. The minimum absolute atomic E-state index is 0.0680. The van der Waals surface area contributed by atoms with Crippen molar-refractivity contribution in [1.29, 1.82) is 0 Å². The van der Waals surface area contributed by atoms with Gasteiger partial charge in [0.05, 0.1) is 17.8 Å². The smallest absolute Gasteiger partial charge is 0.303 e. The number of aromatic nitrogens is 2. The van der Waals surface area contributed by atoms with E-state index in [1.165, 1.54) is 0 Å². The molecule has 0 radical (unpaired) electrons. The Hall–Kier alpha value is -2.23. The standard InChI is InChI=1S/C13H12N2O2/c16-12(17)7-6-11-13(15-9-8-14-11)10-4-2-1-3-5-10/h1-5,8-9H,6-7H2,(H,16,17). The first-order chi connectivity index (χ1) is 8.27. The highest BCUT2D eigenvalue weighted by atomic mass is 16.4. The van der Waals surface area contributed by atoms with Gasteiger partial charge in [-0.05, 0) is 0 Å². The van der Waals surface area contributed by atoms with Crippen molar-refractivity contribution in [3.63, 3.8) is 0 Å². The van der Waals surface area contributed by atoms with E-state index in [1.54, 1.807) is 12.4 Å². The number of nitrogens with zero attached hydrogens (tertiary/aromatic N) is 2. The van der Waals surface area contributed by atoms with E-state index in [0.29, 0.717) is 6.42 Å². The summed E-state index contributed by atoms with van der Waals surface area (Å²) in [5.41, 5.74) is 2.44. The van der Waals surface area contributed by atoms with Gasteiger partial charge in [-0.15, -0.1) is 0 Å². The monoisotopic (exact) mass is 228 g/mol. The third-order valence-corrected chi connectivity index (χ3v) is 2.40. The summed E-state index contributed by atoms with van der Waals surface area (Å²) in [6.07, 6.45) is 3.67. The fraction of sp³-hybridized carbons (Fsp3) is 0.154. The largest absolute Gasteiger partial charge is 0.481 e. The normalized spacial score (nSPS) is 10.1. The fourth-order valence-corrected chi connectivity index (χ4v) is 1.61. The van der Waals surface area contributed by atoms with Gasteiger partial charge in [0.15, 0.2) is 0 Å². The molecule has 0 atom stereocenters. The Morgan fingerprint density at radius 2 is 1.82 bits per heavy atom. The molecule has 2 aromatic rings. The van der Waals surface area contributed by atoms with Crippen LogP contribution < -0.4 is 0 Å². The second-order valence-corrected chi connectivity index (χ2v) is 3.61. The van der Waals surface area contributed by atoms with Gasteiger partial charge < -0.3 is 5.11 Å². The molecule has 17 heavy (non-hydrogen) atoms. The Kier molecular flexibility index (Phi) is 3.45. The fourth-order valence-electron chi connectivity index (χ4n) is 1.61. The van der Waals surface area contributed by atoms with Crippen molar-refractivity contribution in [2.24, 2.45) is 0 Å². The van der Waals surface area contributed by atoms with Crippen molar-refractivity contribution in [3.05, 3.63) is 48.4 Å². The predicted molar refractivity (Wildman–Crippen MR) is 63.4 cm³/mol. The molecular weight excluding hydrogens is 216 g/mol. The molecule has 1 N–H and O–H groups in total. The van der Waals surface area contributed by atoms with Crippen LogP contribution in [0.3, 0.4) is 0 Å². The van der Waals surface area contributed by atoms with E-state index < -0.39 is 5.97 Å². The SMILES string of the molecule is O=C(O)CCc1nccnc1-c1ccccc1. The zero-order chi connectivity index (χ0) is 12.1. The van der Waals surface area contributed by atoms with Gasteiger partial charge in [-0.3, -0.25) is 14.8 Å². The van der Waals surface area contributed by atoms with Gasteiger partial charge in [0.2, 0.25) is 0 Å². The molecule has 0 unspecified atom stereocenters. The number of benzene rings is 1. The summed E-state index contributed by atoms with van der Waals surface area (Å²) in [4.78, 5) is 19.0. The van der Waals surface area contributed by atoms with Crippen molar-refractivity contribution in [3.8, 4) is 11.3 Å². The molecule has 0 fully saturated rings. The van der Waals surface area contributed by atoms with E-state index in [0.717, 1.165) is 17.0 Å². The summed E-state index contributed by atoms with van der Waals surface area (Å²) in [6, 6.07) is 9.65. The van der Waals surface area contributed by atoms with E-state index >= 15 is 0 Å². The van der Waals surface area contributed by atoms with Gasteiger partial charge >= 0.3 is 5.97 Å². The second kappa shape index (κ2) is 5.21. The van der Waals surface area contributed by atoms with E-state index in [4.69, 9.17) is 5.11 Å². The van der Waals surface area contributed by atoms with Crippen LogP contribution in [0.4, 0.5) is 0 Å². The van der Waals surface area contributed by atoms with Crippen LogP contribution in [-0.2, 0) is 11.2 Å². The second-order valence-electron chi connectivity index (χ2n) is 3.61.